The van der Waals surface area contributed by atoms with E-state index in [1.807, 2.05) is 13.0 Å². The van der Waals surface area contributed by atoms with Crippen LogP contribution in [0.1, 0.15) is 17.5 Å². The van der Waals surface area contributed by atoms with Gasteiger partial charge in [0.05, 0.1) is 28.6 Å². The molecule has 138 valence electrons. The minimum absolute atomic E-state index is 0.0328. The number of hydrogen-bond donors (Lipinski definition) is 0. The van der Waals surface area contributed by atoms with Gasteiger partial charge in [0.1, 0.15) is 5.75 Å². The fourth-order valence-corrected chi connectivity index (χ4v) is 2.79. The zero-order chi connectivity index (χ0) is 19.6. The zero-order valence-corrected chi connectivity index (χ0v) is 14.8. The van der Waals surface area contributed by atoms with Gasteiger partial charge in [0, 0.05) is 18.2 Å². The molecule has 0 unspecified atom stereocenters. The van der Waals surface area contributed by atoms with E-state index in [-0.39, 0.29) is 30.0 Å². The van der Waals surface area contributed by atoms with Gasteiger partial charge in [-0.3, -0.25) is 24.3 Å². The van der Waals surface area contributed by atoms with Crippen LogP contribution in [0.5, 0.6) is 5.75 Å². The van der Waals surface area contributed by atoms with Crippen LogP contribution in [0.2, 0.25) is 0 Å². The molecule has 0 aliphatic rings. The second-order valence-corrected chi connectivity index (χ2v) is 6.14. The number of para-hydroxylation sites is 1. The van der Waals surface area contributed by atoms with Crippen LogP contribution in [-0.2, 0) is 11.3 Å². The molecule has 0 radical (unpaired) electrons. The maximum absolute atomic E-state index is 12.5. The Hall–Kier alpha value is -3.55. The molecule has 2 aromatic carbocycles. The number of nitrogens with zero attached hydrogens (tertiary/aromatic N) is 3. The highest BCUT2D eigenvalue weighted by Crippen LogP contribution is 2.23. The first-order valence-corrected chi connectivity index (χ1v) is 8.27. The number of benzene rings is 2. The Labute approximate surface area is 154 Å². The van der Waals surface area contributed by atoms with E-state index < -0.39 is 10.9 Å². The van der Waals surface area contributed by atoms with Crippen LogP contribution in [0.4, 0.5) is 5.69 Å². The summed E-state index contributed by atoms with van der Waals surface area (Å²) in [6, 6.07) is 9.46. The molecule has 0 atom stereocenters. The number of hydrogen-bond acceptors (Lipinski definition) is 6. The molecule has 0 bridgehead atoms. The van der Waals surface area contributed by atoms with Crippen LogP contribution in [0.3, 0.4) is 0 Å². The number of nitro benzene ring substituents is 1. The molecule has 8 nitrogen and oxygen atoms in total. The Morgan fingerprint density at radius 2 is 2.00 bits per heavy atom. The Balaban J connectivity index is 1.70. The lowest BCUT2D eigenvalue weighted by molar-refractivity contribution is -0.385. The second-order valence-electron chi connectivity index (χ2n) is 6.14. The van der Waals surface area contributed by atoms with Gasteiger partial charge in [0.15, 0.2) is 0 Å². The maximum Gasteiger partial charge on any atom is 0.312 e. The topological polar surface area (TPSA) is 104 Å². The van der Waals surface area contributed by atoms with Crippen LogP contribution in [0.15, 0.2) is 47.5 Å². The fourth-order valence-electron chi connectivity index (χ4n) is 2.79. The van der Waals surface area contributed by atoms with E-state index in [0.717, 1.165) is 5.56 Å². The number of aryl methyl sites for hydroxylation is 3. The first kappa shape index (κ1) is 18.2. The lowest BCUT2D eigenvalue weighted by atomic mass is 10.1. The number of aromatic nitrogens is 2. The van der Waals surface area contributed by atoms with Gasteiger partial charge in [-0.25, -0.2) is 4.98 Å². The highest BCUT2D eigenvalue weighted by molar-refractivity contribution is 5.80. The van der Waals surface area contributed by atoms with E-state index >= 15 is 0 Å². The van der Waals surface area contributed by atoms with Gasteiger partial charge in [-0.15, -0.1) is 0 Å². The third kappa shape index (κ3) is 3.84. The largest absolute Gasteiger partial charge is 0.426 e. The van der Waals surface area contributed by atoms with Crippen LogP contribution < -0.4 is 10.3 Å². The SMILES string of the molecule is Cc1cc(OC(=O)CCn2cnc3c(C)cccc3c2=O)ccc1[N+](=O)[O-]. The number of esters is 1. The van der Waals surface area contributed by atoms with Crippen LogP contribution in [-0.4, -0.2) is 20.4 Å². The predicted molar refractivity (Wildman–Crippen MR) is 98.8 cm³/mol. The molecule has 3 rings (SSSR count). The standard InChI is InChI=1S/C19H17N3O5/c1-12-4-3-5-15-18(12)20-11-21(19(15)24)9-8-17(23)27-14-6-7-16(22(25)26)13(2)10-14/h3-7,10-11H,8-9H2,1-2H3. The van der Waals surface area contributed by atoms with E-state index in [0.29, 0.717) is 16.5 Å². The summed E-state index contributed by atoms with van der Waals surface area (Å²) in [7, 11) is 0. The molecule has 0 saturated heterocycles. The quantitative estimate of drug-likeness (QED) is 0.297. The van der Waals surface area contributed by atoms with Crippen molar-refractivity contribution in [3.05, 3.63) is 74.3 Å². The van der Waals surface area contributed by atoms with Crippen LogP contribution in [0, 0.1) is 24.0 Å². The summed E-state index contributed by atoms with van der Waals surface area (Å²) < 4.78 is 6.57. The minimum atomic E-state index is -0.542. The lowest BCUT2D eigenvalue weighted by Gasteiger charge is -2.08. The summed E-state index contributed by atoms with van der Waals surface area (Å²) in [5.41, 5.74) is 1.68. The molecule has 3 aromatic rings. The first-order valence-electron chi connectivity index (χ1n) is 8.27. The van der Waals surface area contributed by atoms with Crippen molar-refractivity contribution in [1.29, 1.82) is 0 Å². The summed E-state index contributed by atoms with van der Waals surface area (Å²) >= 11 is 0. The summed E-state index contributed by atoms with van der Waals surface area (Å²) in [4.78, 5) is 39.2. The molecule has 27 heavy (non-hydrogen) atoms. The first-order chi connectivity index (χ1) is 12.9. The number of rotatable bonds is 5. The molecule has 0 fully saturated rings. The summed E-state index contributed by atoms with van der Waals surface area (Å²) in [6.45, 7) is 3.57. The second kappa shape index (κ2) is 7.36. The predicted octanol–water partition coefficient (Wildman–Crippen LogP) is 2.92. The number of nitro groups is 1. The van der Waals surface area contributed by atoms with E-state index in [2.05, 4.69) is 4.98 Å². The van der Waals surface area contributed by atoms with Gasteiger partial charge in [-0.05, 0) is 37.6 Å². The molecule has 0 aliphatic heterocycles. The van der Waals surface area contributed by atoms with Gasteiger partial charge >= 0.3 is 5.97 Å². The fraction of sp³-hybridized carbons (Fsp3) is 0.211. The normalized spacial score (nSPS) is 10.7. The Morgan fingerprint density at radius 1 is 1.22 bits per heavy atom. The number of ether oxygens (including phenoxy) is 1. The molecular formula is C19H17N3O5. The molecule has 8 heteroatoms. The van der Waals surface area contributed by atoms with E-state index in [9.17, 15) is 19.7 Å². The number of carbonyl (C=O) groups is 1. The van der Waals surface area contributed by atoms with Crippen molar-refractivity contribution in [3.63, 3.8) is 0 Å². The molecule has 1 heterocycles. The van der Waals surface area contributed by atoms with E-state index in [1.54, 1.807) is 19.1 Å². The smallest absolute Gasteiger partial charge is 0.312 e. The summed E-state index contributed by atoms with van der Waals surface area (Å²) in [5.74, 6) is -0.317. The minimum Gasteiger partial charge on any atom is -0.426 e. The zero-order valence-electron chi connectivity index (χ0n) is 14.8. The third-order valence-corrected chi connectivity index (χ3v) is 4.21. The molecule has 0 saturated carbocycles. The van der Waals surface area contributed by atoms with Crippen molar-refractivity contribution in [3.8, 4) is 5.75 Å². The molecular weight excluding hydrogens is 350 g/mol. The van der Waals surface area contributed by atoms with E-state index in [4.69, 9.17) is 4.74 Å². The Bertz CT molecular complexity index is 1100. The van der Waals surface area contributed by atoms with Gasteiger partial charge in [-0.1, -0.05) is 12.1 Å². The summed E-state index contributed by atoms with van der Waals surface area (Å²) in [6.07, 6.45) is 1.38. The van der Waals surface area contributed by atoms with Gasteiger partial charge < -0.3 is 4.74 Å². The molecule has 0 N–H and O–H groups in total. The molecule has 0 spiro atoms. The van der Waals surface area contributed by atoms with Gasteiger partial charge in [-0.2, -0.15) is 0 Å². The average molecular weight is 367 g/mol. The van der Waals surface area contributed by atoms with Crippen LogP contribution in [0.25, 0.3) is 10.9 Å². The van der Waals surface area contributed by atoms with Crippen molar-refractivity contribution in [2.45, 2.75) is 26.8 Å². The van der Waals surface area contributed by atoms with Crippen LogP contribution >= 0.6 is 0 Å². The Kier molecular flexibility index (Phi) is 4.98. The average Bonchev–Trinajstić information content (AvgIpc) is 2.61. The lowest BCUT2D eigenvalue weighted by Crippen LogP contribution is -2.23. The molecule has 0 aliphatic carbocycles. The number of carbonyl (C=O) groups excluding carboxylic acids is 1. The van der Waals surface area contributed by atoms with Crippen molar-refractivity contribution in [2.75, 3.05) is 0 Å². The Morgan fingerprint density at radius 3 is 2.70 bits per heavy atom. The van der Waals surface area contributed by atoms with E-state index in [1.165, 1.54) is 29.1 Å². The van der Waals surface area contributed by atoms with Crippen molar-refractivity contribution >= 4 is 22.6 Å². The van der Waals surface area contributed by atoms with Crippen molar-refractivity contribution < 1.29 is 14.5 Å². The van der Waals surface area contributed by atoms with Crippen molar-refractivity contribution in [2.24, 2.45) is 0 Å². The highest BCUT2D eigenvalue weighted by atomic mass is 16.6. The third-order valence-electron chi connectivity index (χ3n) is 4.21. The highest BCUT2D eigenvalue weighted by Gasteiger charge is 2.13. The number of fused-ring (bicyclic) bond motifs is 1. The molecule has 0 amide bonds. The molecule has 1 aromatic heterocycles. The van der Waals surface area contributed by atoms with Gasteiger partial charge in [0.2, 0.25) is 0 Å². The maximum atomic E-state index is 12.5. The van der Waals surface area contributed by atoms with Crippen molar-refractivity contribution in [1.82, 2.24) is 9.55 Å². The van der Waals surface area contributed by atoms with Gasteiger partial charge in [0.25, 0.3) is 11.2 Å². The monoisotopic (exact) mass is 367 g/mol. The summed E-state index contributed by atoms with van der Waals surface area (Å²) in [5, 5.41) is 11.3.